The summed E-state index contributed by atoms with van der Waals surface area (Å²) < 4.78 is 0. The summed E-state index contributed by atoms with van der Waals surface area (Å²) >= 11 is 0. The number of hydrogen-bond acceptors (Lipinski definition) is 4. The highest BCUT2D eigenvalue weighted by molar-refractivity contribution is 5.62. The molecule has 2 aromatic rings. The third kappa shape index (κ3) is 5.44. The number of pyridine rings is 1. The van der Waals surface area contributed by atoms with E-state index in [1.807, 2.05) is 12.3 Å². The Balaban J connectivity index is 0.000000647. The fourth-order valence-electron chi connectivity index (χ4n) is 3.04. The van der Waals surface area contributed by atoms with Crippen molar-refractivity contribution in [1.29, 1.82) is 0 Å². The van der Waals surface area contributed by atoms with Gasteiger partial charge in [0.1, 0.15) is 0 Å². The molecule has 5 heteroatoms. The van der Waals surface area contributed by atoms with E-state index < -0.39 is 0 Å². The maximum absolute atomic E-state index is 9.30. The molecule has 5 nitrogen and oxygen atoms in total. The molecule has 3 rings (SSSR count). The summed E-state index contributed by atoms with van der Waals surface area (Å²) in [5, 5.41) is 16.2. The van der Waals surface area contributed by atoms with Gasteiger partial charge in [0.2, 0.25) is 0 Å². The number of aromatic nitrogens is 1. The second-order valence-electron chi connectivity index (χ2n) is 5.97. The fraction of sp³-hybridized carbons (Fsp3) is 0.368. The first-order valence-corrected chi connectivity index (χ1v) is 8.17. The summed E-state index contributed by atoms with van der Waals surface area (Å²) in [6, 6.07) is 12.8. The summed E-state index contributed by atoms with van der Waals surface area (Å²) in [6.07, 6.45) is 6.04. The maximum Gasteiger partial charge on any atom is 0.290 e. The number of carbonyl (C=O) groups is 1. The molecule has 1 aromatic carbocycles. The Morgan fingerprint density at radius 2 is 1.96 bits per heavy atom. The van der Waals surface area contributed by atoms with Crippen LogP contribution < -0.4 is 0 Å². The first kappa shape index (κ1) is 18.1. The molecule has 2 N–H and O–H groups in total. The molecule has 24 heavy (non-hydrogen) atoms. The fourth-order valence-corrected chi connectivity index (χ4v) is 3.04. The Morgan fingerprint density at radius 3 is 2.58 bits per heavy atom. The van der Waals surface area contributed by atoms with Gasteiger partial charge in [0.25, 0.3) is 6.47 Å². The first-order chi connectivity index (χ1) is 11.8. The molecule has 1 fully saturated rings. The Morgan fingerprint density at radius 1 is 1.21 bits per heavy atom. The number of piperidine rings is 1. The molecule has 0 amide bonds. The van der Waals surface area contributed by atoms with Gasteiger partial charge < -0.3 is 10.2 Å². The minimum absolute atomic E-state index is 0.250. The highest BCUT2D eigenvalue weighted by atomic mass is 16.3. The summed E-state index contributed by atoms with van der Waals surface area (Å²) in [6.45, 7) is 3.20. The van der Waals surface area contributed by atoms with Gasteiger partial charge in [-0.25, -0.2) is 0 Å². The van der Waals surface area contributed by atoms with Crippen LogP contribution in [0.5, 0.6) is 0 Å². The molecule has 1 unspecified atom stereocenters. The van der Waals surface area contributed by atoms with Gasteiger partial charge in [-0.1, -0.05) is 30.3 Å². The Labute approximate surface area is 142 Å². The van der Waals surface area contributed by atoms with Crippen molar-refractivity contribution in [3.05, 3.63) is 54.4 Å². The van der Waals surface area contributed by atoms with Crippen LogP contribution in [-0.4, -0.2) is 46.3 Å². The van der Waals surface area contributed by atoms with E-state index in [1.54, 1.807) is 6.20 Å². The summed E-state index contributed by atoms with van der Waals surface area (Å²) in [5.41, 5.74) is 3.70. The molecule has 1 aliphatic rings. The zero-order valence-corrected chi connectivity index (χ0v) is 13.7. The largest absolute Gasteiger partial charge is 0.483 e. The molecule has 0 aliphatic carbocycles. The number of aliphatic hydroxyl groups is 1. The summed E-state index contributed by atoms with van der Waals surface area (Å²) in [5.74, 6) is 0.452. The molecule has 2 heterocycles. The van der Waals surface area contributed by atoms with Crippen molar-refractivity contribution in [3.63, 3.8) is 0 Å². The van der Waals surface area contributed by atoms with Crippen LogP contribution in [0.3, 0.4) is 0 Å². The van der Waals surface area contributed by atoms with Crippen LogP contribution in [0.2, 0.25) is 0 Å². The molecule has 1 saturated heterocycles. The number of benzene rings is 1. The quantitative estimate of drug-likeness (QED) is 0.844. The van der Waals surface area contributed by atoms with E-state index in [0.717, 1.165) is 31.6 Å². The molecule has 128 valence electrons. The number of aliphatic hydroxyl groups excluding tert-OH is 1. The van der Waals surface area contributed by atoms with Gasteiger partial charge in [-0.15, -0.1) is 0 Å². The van der Waals surface area contributed by atoms with Crippen LogP contribution in [0, 0.1) is 5.92 Å². The molecule has 0 bridgehead atoms. The summed E-state index contributed by atoms with van der Waals surface area (Å²) in [4.78, 5) is 15.0. The van der Waals surface area contributed by atoms with Crippen molar-refractivity contribution in [2.24, 2.45) is 5.92 Å². The van der Waals surface area contributed by atoms with Gasteiger partial charge in [-0.3, -0.25) is 14.7 Å². The summed E-state index contributed by atoms with van der Waals surface area (Å²) in [7, 11) is 0. The lowest BCUT2D eigenvalue weighted by atomic mass is 9.98. The Hall–Kier alpha value is -2.24. The topological polar surface area (TPSA) is 73.7 Å². The van der Waals surface area contributed by atoms with Crippen molar-refractivity contribution < 1.29 is 15.0 Å². The second-order valence-corrected chi connectivity index (χ2v) is 5.97. The zero-order valence-electron chi connectivity index (χ0n) is 13.7. The van der Waals surface area contributed by atoms with E-state index in [-0.39, 0.29) is 6.47 Å². The van der Waals surface area contributed by atoms with Gasteiger partial charge in [-0.2, -0.15) is 0 Å². The van der Waals surface area contributed by atoms with Crippen molar-refractivity contribution in [2.45, 2.75) is 19.4 Å². The van der Waals surface area contributed by atoms with E-state index in [9.17, 15) is 5.11 Å². The van der Waals surface area contributed by atoms with Crippen molar-refractivity contribution in [2.75, 3.05) is 19.7 Å². The normalized spacial score (nSPS) is 17.6. The molecule has 1 aliphatic heterocycles. The third-order valence-corrected chi connectivity index (χ3v) is 4.22. The van der Waals surface area contributed by atoms with Crippen LogP contribution in [0.25, 0.3) is 11.1 Å². The van der Waals surface area contributed by atoms with Crippen molar-refractivity contribution in [1.82, 2.24) is 9.88 Å². The van der Waals surface area contributed by atoms with E-state index in [2.05, 4.69) is 40.2 Å². The number of likely N-dealkylation sites (tertiary alicyclic amines) is 1. The van der Waals surface area contributed by atoms with Gasteiger partial charge in [0.15, 0.2) is 0 Å². The third-order valence-electron chi connectivity index (χ3n) is 4.22. The highest BCUT2D eigenvalue weighted by Gasteiger charge is 2.18. The van der Waals surface area contributed by atoms with Crippen LogP contribution in [0.15, 0.2) is 48.8 Å². The number of hydrogen-bond donors (Lipinski definition) is 2. The molecular formula is C19H24N2O3. The zero-order chi connectivity index (χ0) is 17.2. The SMILES string of the molecule is O=CO.OCC1CCCN(Cc2ccc(-c3cccnc3)cc2)C1. The molecule has 0 saturated carbocycles. The monoisotopic (exact) mass is 328 g/mol. The van der Waals surface area contributed by atoms with Crippen molar-refractivity contribution >= 4 is 6.47 Å². The van der Waals surface area contributed by atoms with Gasteiger partial charge in [0, 0.05) is 32.1 Å². The molecule has 1 aromatic heterocycles. The number of carboxylic acid groups (broad SMARTS) is 1. The lowest BCUT2D eigenvalue weighted by molar-refractivity contribution is -0.122. The predicted octanol–water partition coefficient (Wildman–Crippen LogP) is 2.65. The Bertz CT molecular complexity index is 602. The standard InChI is InChI=1S/C18H22N2O.CH2O2/c21-14-16-3-2-10-20(13-16)12-15-5-7-17(8-6-15)18-4-1-9-19-11-18;2-1-3/h1,4-9,11,16,21H,2-3,10,12-14H2;1H,(H,2,3). The lowest BCUT2D eigenvalue weighted by Crippen LogP contribution is -2.36. The molecule has 0 spiro atoms. The minimum Gasteiger partial charge on any atom is -0.483 e. The van der Waals surface area contributed by atoms with Crippen molar-refractivity contribution in [3.8, 4) is 11.1 Å². The van der Waals surface area contributed by atoms with Crippen LogP contribution in [0.4, 0.5) is 0 Å². The second kappa shape index (κ2) is 9.80. The predicted molar refractivity (Wildman–Crippen MR) is 93.5 cm³/mol. The van der Waals surface area contributed by atoms with E-state index >= 15 is 0 Å². The minimum atomic E-state index is -0.250. The maximum atomic E-state index is 9.30. The molecular weight excluding hydrogens is 304 g/mol. The van der Waals surface area contributed by atoms with Crippen LogP contribution >= 0.6 is 0 Å². The van der Waals surface area contributed by atoms with Gasteiger partial charge in [-0.05, 0) is 48.1 Å². The number of nitrogens with zero attached hydrogens (tertiary/aromatic N) is 2. The highest BCUT2D eigenvalue weighted by Crippen LogP contribution is 2.21. The molecule has 1 atom stereocenters. The Kier molecular flexibility index (Phi) is 7.39. The van der Waals surface area contributed by atoms with Gasteiger partial charge in [0.05, 0.1) is 0 Å². The van der Waals surface area contributed by atoms with Crippen LogP contribution in [0.1, 0.15) is 18.4 Å². The van der Waals surface area contributed by atoms with E-state index in [0.29, 0.717) is 12.5 Å². The molecule has 0 radical (unpaired) electrons. The average Bonchev–Trinajstić information content (AvgIpc) is 2.64. The smallest absolute Gasteiger partial charge is 0.290 e. The van der Waals surface area contributed by atoms with E-state index in [1.165, 1.54) is 17.5 Å². The first-order valence-electron chi connectivity index (χ1n) is 8.17. The van der Waals surface area contributed by atoms with Crippen LogP contribution in [-0.2, 0) is 11.3 Å². The van der Waals surface area contributed by atoms with E-state index in [4.69, 9.17) is 9.90 Å². The van der Waals surface area contributed by atoms with Gasteiger partial charge >= 0.3 is 0 Å². The lowest BCUT2D eigenvalue weighted by Gasteiger charge is -2.31. The average molecular weight is 328 g/mol. The number of rotatable bonds is 4.